The van der Waals surface area contributed by atoms with Crippen molar-refractivity contribution in [2.75, 3.05) is 5.73 Å². The Morgan fingerprint density at radius 1 is 1.50 bits per heavy atom. The molecule has 1 unspecified atom stereocenters. The van der Waals surface area contributed by atoms with Crippen LogP contribution in [-0.4, -0.2) is 15.6 Å². The third kappa shape index (κ3) is 4.03. The third-order valence-corrected chi connectivity index (χ3v) is 2.10. The number of hydrogen-bond donors (Lipinski definition) is 2. The van der Waals surface area contributed by atoms with E-state index in [1.54, 1.807) is 32.0 Å². The predicted octanol–water partition coefficient (Wildman–Crippen LogP) is -1.64. The summed E-state index contributed by atoms with van der Waals surface area (Å²) in [4.78, 5) is 3.08. The van der Waals surface area contributed by atoms with Gasteiger partial charge in [0.2, 0.25) is 0 Å². The Morgan fingerprint density at radius 3 is 2.50 bits per heavy atom. The number of nitrogens with two attached hydrogens (primary N) is 1. The molecule has 3 N–H and O–H groups in total. The van der Waals surface area contributed by atoms with Crippen molar-refractivity contribution < 1.29 is 41.8 Å². The first-order chi connectivity index (χ1) is 6.56. The van der Waals surface area contributed by atoms with Gasteiger partial charge >= 0.3 is 19.5 Å². The minimum Gasteiger partial charge on any atom is -1.00 e. The molecule has 1 atom stereocenters. The molecule has 0 heterocycles. The fourth-order valence-electron chi connectivity index (χ4n) is 1.22. The first-order valence-corrected chi connectivity index (χ1v) is 4.32. The summed E-state index contributed by atoms with van der Waals surface area (Å²) in [6, 6.07) is 5.15. The van der Waals surface area contributed by atoms with Gasteiger partial charge in [-0.15, -0.1) is 0 Å². The Labute approximate surface area is 114 Å². The largest absolute Gasteiger partial charge is 2.00 e. The zero-order valence-electron chi connectivity index (χ0n) is 9.31. The molecule has 1 aromatic carbocycles. The number of aliphatic hydroxyl groups excluding tert-OH is 1. The van der Waals surface area contributed by atoms with Crippen molar-refractivity contribution in [2.45, 2.75) is 20.0 Å². The summed E-state index contributed by atoms with van der Waals surface area (Å²) in [6.45, 7) is 3.32. The molecule has 0 saturated carbocycles. The monoisotopic (exact) mass is 290 g/mol. The van der Waals surface area contributed by atoms with Crippen molar-refractivity contribution >= 4 is 11.4 Å². The Balaban J connectivity index is 0. The number of nitrogen functional groups attached to an aromatic ring is 1. The van der Waals surface area contributed by atoms with Crippen LogP contribution in [0.3, 0.4) is 0 Å². The van der Waals surface area contributed by atoms with Crippen molar-refractivity contribution in [2.24, 2.45) is 0 Å². The van der Waals surface area contributed by atoms with Gasteiger partial charge in [-0.3, -0.25) is 0 Å². The maximum atomic E-state index is 9.40. The second-order valence-electron chi connectivity index (χ2n) is 3.21. The van der Waals surface area contributed by atoms with Gasteiger partial charge in [0.25, 0.3) is 5.71 Å². The fraction of sp³-hybridized carbons (Fsp3) is 0.300. The molecule has 0 aliphatic carbocycles. The Bertz CT molecular complexity index is 403. The van der Waals surface area contributed by atoms with Crippen LogP contribution >= 0.6 is 0 Å². The summed E-state index contributed by atoms with van der Waals surface area (Å²) in [5.74, 6) is 0. The van der Waals surface area contributed by atoms with E-state index in [1.165, 1.54) is 0 Å². The molecule has 1 rings (SSSR count). The van der Waals surface area contributed by atoms with Crippen LogP contribution in [0.25, 0.3) is 5.53 Å². The van der Waals surface area contributed by atoms with Crippen molar-refractivity contribution in [1.29, 1.82) is 0 Å². The molecule has 0 aromatic heterocycles. The Hall–Kier alpha value is -0.727. The van der Waals surface area contributed by atoms with Gasteiger partial charge in [0.15, 0.2) is 0 Å². The van der Waals surface area contributed by atoms with Gasteiger partial charge in [-0.25, -0.2) is 0 Å². The van der Waals surface area contributed by atoms with E-state index in [0.717, 1.165) is 5.56 Å². The van der Waals surface area contributed by atoms with E-state index in [-0.39, 0.29) is 31.9 Å². The molecule has 0 aliphatic heterocycles. The van der Waals surface area contributed by atoms with Crippen molar-refractivity contribution in [3.8, 4) is 0 Å². The van der Waals surface area contributed by atoms with E-state index in [2.05, 4.69) is 4.79 Å². The summed E-state index contributed by atoms with van der Waals surface area (Å²) in [6.07, 6.45) is -0.624. The number of anilines is 1. The summed E-state index contributed by atoms with van der Waals surface area (Å²) < 4.78 is 0. The maximum Gasteiger partial charge on any atom is 2.00 e. The number of benzene rings is 1. The van der Waals surface area contributed by atoms with E-state index < -0.39 is 6.10 Å². The van der Waals surface area contributed by atoms with Gasteiger partial charge in [-0.1, -0.05) is 0 Å². The summed E-state index contributed by atoms with van der Waals surface area (Å²) in [7, 11) is 0. The van der Waals surface area contributed by atoms with Crippen LogP contribution in [0.5, 0.6) is 0 Å². The number of aliphatic hydroxyl groups is 1. The van der Waals surface area contributed by atoms with E-state index in [0.29, 0.717) is 17.0 Å². The van der Waals surface area contributed by atoms with Crippen LogP contribution in [0.2, 0.25) is 0 Å². The summed E-state index contributed by atoms with van der Waals surface area (Å²) in [5, 5.41) is 9.40. The zero-order chi connectivity index (χ0) is 10.7. The van der Waals surface area contributed by atoms with Gasteiger partial charge in [-0.2, -0.15) is 4.79 Å². The first-order valence-electron chi connectivity index (χ1n) is 4.32. The van der Waals surface area contributed by atoms with Gasteiger partial charge in [0.05, 0.1) is 11.7 Å². The molecule has 1 aromatic rings. The van der Waals surface area contributed by atoms with E-state index >= 15 is 0 Å². The van der Waals surface area contributed by atoms with Gasteiger partial charge in [0.1, 0.15) is 0 Å². The van der Waals surface area contributed by atoms with Crippen LogP contribution in [0, 0.1) is 0 Å². The average molecular weight is 292 g/mol. The number of hydrogen-bond acceptors (Lipinski definition) is 2. The quantitative estimate of drug-likeness (QED) is 0.225. The molecule has 0 spiro atoms. The van der Waals surface area contributed by atoms with Gasteiger partial charge < -0.3 is 28.8 Å². The maximum absolute atomic E-state index is 9.40. The smallest absolute Gasteiger partial charge is 1.00 e. The summed E-state index contributed by atoms with van der Waals surface area (Å²) >= 11 is 0. The Morgan fingerprint density at radius 2 is 2.06 bits per heavy atom. The SMILES string of the molecule is CC(=[N+]=[N-])c1ccc(N)c(C(C)O)c1.[Cl-].[Zn+2]. The number of rotatable bonds is 2. The van der Waals surface area contributed by atoms with Crippen LogP contribution in [0.4, 0.5) is 5.69 Å². The molecule has 0 bridgehead atoms. The first kappa shape index (κ1) is 17.7. The summed E-state index contributed by atoms with van der Waals surface area (Å²) in [5.41, 5.74) is 16.7. The molecule has 6 heteroatoms. The molecule has 0 aliphatic rings. The molecule has 4 nitrogen and oxygen atoms in total. The molecular formula is C10H13ClN3OZn+. The number of halogens is 1. The van der Waals surface area contributed by atoms with E-state index in [9.17, 15) is 5.11 Å². The molecule has 82 valence electrons. The Kier molecular flexibility index (Phi) is 8.31. The van der Waals surface area contributed by atoms with Crippen molar-refractivity contribution in [3.63, 3.8) is 0 Å². The predicted molar refractivity (Wildman–Crippen MR) is 54.9 cm³/mol. The van der Waals surface area contributed by atoms with Crippen LogP contribution < -0.4 is 18.1 Å². The molecule has 0 radical (unpaired) electrons. The van der Waals surface area contributed by atoms with Gasteiger partial charge in [-0.05, 0) is 25.1 Å². The van der Waals surface area contributed by atoms with Crippen LogP contribution in [-0.2, 0) is 19.5 Å². The van der Waals surface area contributed by atoms with Gasteiger partial charge in [0, 0.05) is 18.2 Å². The minimum atomic E-state index is -0.624. The van der Waals surface area contributed by atoms with E-state index in [1.807, 2.05) is 0 Å². The normalized spacial score (nSPS) is 10.4. The van der Waals surface area contributed by atoms with Crippen molar-refractivity contribution in [3.05, 3.63) is 34.9 Å². The molecule has 0 saturated heterocycles. The van der Waals surface area contributed by atoms with Crippen molar-refractivity contribution in [1.82, 2.24) is 0 Å². The second kappa shape index (κ2) is 7.53. The molecule has 16 heavy (non-hydrogen) atoms. The third-order valence-electron chi connectivity index (χ3n) is 2.10. The standard InChI is InChI=1S/C10H13N3O.ClH.Zn/c1-6(13-12)8-3-4-10(11)9(5-8)7(2)14;;/h3-5,7,14H,11H2,1-2H3;1H;/q;;+2/p-1. The van der Waals surface area contributed by atoms with E-state index in [4.69, 9.17) is 11.3 Å². The zero-order valence-corrected chi connectivity index (χ0v) is 13.0. The van der Waals surface area contributed by atoms with Crippen LogP contribution in [0.1, 0.15) is 31.1 Å². The average Bonchev–Trinajstić information content (AvgIpc) is 2.17. The van der Waals surface area contributed by atoms with Crippen LogP contribution in [0.15, 0.2) is 18.2 Å². The minimum absolute atomic E-state index is 0. The molecule has 0 amide bonds. The second-order valence-corrected chi connectivity index (χ2v) is 3.21. The number of nitrogens with zero attached hydrogens (tertiary/aromatic N) is 2. The topological polar surface area (TPSA) is 82.7 Å². The molecular weight excluding hydrogens is 279 g/mol. The molecule has 0 fully saturated rings. The fourth-order valence-corrected chi connectivity index (χ4v) is 1.22.